The number of carbonyl (C=O) groups excluding carboxylic acids is 1. The molecule has 1 aromatic carbocycles. The molecule has 0 heterocycles. The zero-order valence-corrected chi connectivity index (χ0v) is 13.0. The van der Waals surface area contributed by atoms with Gasteiger partial charge in [0.25, 0.3) is 0 Å². The van der Waals surface area contributed by atoms with E-state index in [1.54, 1.807) is 12.1 Å². The maximum absolute atomic E-state index is 11.8. The Kier molecular flexibility index (Phi) is 6.98. The van der Waals surface area contributed by atoms with Crippen LogP contribution in [0.1, 0.15) is 6.42 Å². The lowest BCUT2D eigenvalue weighted by atomic mass is 10.2. The molecule has 0 bridgehead atoms. The number of halogens is 2. The van der Waals surface area contributed by atoms with Gasteiger partial charge in [-0.25, -0.2) is 9.59 Å². The van der Waals surface area contributed by atoms with Crippen molar-refractivity contribution in [1.82, 2.24) is 5.32 Å². The van der Waals surface area contributed by atoms with E-state index in [1.807, 2.05) is 6.26 Å². The minimum atomic E-state index is -1.08. The van der Waals surface area contributed by atoms with Crippen LogP contribution in [0.4, 0.5) is 10.5 Å². The Morgan fingerprint density at radius 2 is 2.10 bits per heavy atom. The molecule has 1 rings (SSSR count). The number of carbonyl (C=O) groups is 2. The van der Waals surface area contributed by atoms with Crippen molar-refractivity contribution in [3.8, 4) is 0 Å². The molecule has 8 heteroatoms. The van der Waals surface area contributed by atoms with Crippen LogP contribution in [0.25, 0.3) is 0 Å². The summed E-state index contributed by atoms with van der Waals surface area (Å²) in [6.07, 6.45) is 2.21. The number of thioether (sulfide) groups is 1. The molecule has 0 aliphatic carbocycles. The summed E-state index contributed by atoms with van der Waals surface area (Å²) in [6, 6.07) is 3.04. The second-order valence-electron chi connectivity index (χ2n) is 3.89. The summed E-state index contributed by atoms with van der Waals surface area (Å²) in [5, 5.41) is 14.6. The smallest absolute Gasteiger partial charge is 0.326 e. The first-order valence-electron chi connectivity index (χ1n) is 5.68. The molecule has 5 nitrogen and oxygen atoms in total. The van der Waals surface area contributed by atoms with Crippen LogP contribution in [0.15, 0.2) is 18.2 Å². The number of anilines is 1. The molecular formula is C12H14Cl2N2O3S. The first-order chi connectivity index (χ1) is 9.43. The maximum atomic E-state index is 11.8. The van der Waals surface area contributed by atoms with Crippen molar-refractivity contribution in [2.45, 2.75) is 12.5 Å². The van der Waals surface area contributed by atoms with Gasteiger partial charge in [0.2, 0.25) is 0 Å². The lowest BCUT2D eigenvalue weighted by Gasteiger charge is -2.15. The average molecular weight is 337 g/mol. The van der Waals surface area contributed by atoms with Crippen LogP contribution in [0.5, 0.6) is 0 Å². The Morgan fingerprint density at radius 1 is 1.40 bits per heavy atom. The minimum absolute atomic E-state index is 0.320. The molecule has 0 aromatic heterocycles. The maximum Gasteiger partial charge on any atom is 0.326 e. The van der Waals surface area contributed by atoms with Crippen molar-refractivity contribution < 1.29 is 14.7 Å². The number of urea groups is 1. The molecule has 0 unspecified atom stereocenters. The van der Waals surface area contributed by atoms with Crippen LogP contribution in [0.3, 0.4) is 0 Å². The Labute approximate surface area is 131 Å². The van der Waals surface area contributed by atoms with E-state index in [9.17, 15) is 9.59 Å². The van der Waals surface area contributed by atoms with E-state index >= 15 is 0 Å². The predicted molar refractivity (Wildman–Crippen MR) is 83.0 cm³/mol. The monoisotopic (exact) mass is 336 g/mol. The Hall–Kier alpha value is -1.11. The number of carboxylic acids is 1. The van der Waals surface area contributed by atoms with Gasteiger partial charge in [0.05, 0.1) is 10.7 Å². The van der Waals surface area contributed by atoms with Gasteiger partial charge in [-0.2, -0.15) is 11.8 Å². The number of carboxylic acid groups (broad SMARTS) is 1. The summed E-state index contributed by atoms with van der Waals surface area (Å²) in [5.74, 6) is -0.443. The predicted octanol–water partition coefficient (Wildman–Crippen LogP) is 3.32. The van der Waals surface area contributed by atoms with Gasteiger partial charge in [0.1, 0.15) is 6.04 Å². The van der Waals surface area contributed by atoms with Crippen molar-refractivity contribution in [1.29, 1.82) is 0 Å². The van der Waals surface area contributed by atoms with Gasteiger partial charge >= 0.3 is 12.0 Å². The summed E-state index contributed by atoms with van der Waals surface area (Å²) < 4.78 is 0. The molecule has 2 amide bonds. The third-order valence-electron chi connectivity index (χ3n) is 2.39. The van der Waals surface area contributed by atoms with Gasteiger partial charge < -0.3 is 15.7 Å². The Balaban J connectivity index is 2.65. The van der Waals surface area contributed by atoms with Crippen LogP contribution < -0.4 is 10.6 Å². The Morgan fingerprint density at radius 3 is 2.70 bits per heavy atom. The van der Waals surface area contributed by atoms with Crippen molar-refractivity contribution in [3.05, 3.63) is 28.2 Å². The van der Waals surface area contributed by atoms with Gasteiger partial charge in [0, 0.05) is 5.02 Å². The van der Waals surface area contributed by atoms with Crippen molar-refractivity contribution in [2.75, 3.05) is 17.3 Å². The normalized spacial score (nSPS) is 11.8. The van der Waals surface area contributed by atoms with Crippen molar-refractivity contribution in [2.24, 2.45) is 0 Å². The van der Waals surface area contributed by atoms with E-state index in [0.717, 1.165) is 0 Å². The molecule has 110 valence electrons. The quantitative estimate of drug-likeness (QED) is 0.744. The fourth-order valence-electron chi connectivity index (χ4n) is 1.40. The van der Waals surface area contributed by atoms with Crippen molar-refractivity contribution in [3.63, 3.8) is 0 Å². The summed E-state index contributed by atoms with van der Waals surface area (Å²) in [5.41, 5.74) is 0.325. The molecule has 0 aliphatic rings. The molecule has 0 aliphatic heterocycles. The SMILES string of the molecule is CSCC[C@H](NC(=O)Nc1cc(Cl)ccc1Cl)C(=O)O. The van der Waals surface area contributed by atoms with E-state index in [-0.39, 0.29) is 0 Å². The number of hydrogen-bond donors (Lipinski definition) is 3. The van der Waals surface area contributed by atoms with Gasteiger partial charge in [-0.1, -0.05) is 23.2 Å². The number of nitrogens with one attached hydrogen (secondary N) is 2. The highest BCUT2D eigenvalue weighted by Crippen LogP contribution is 2.25. The van der Waals surface area contributed by atoms with Gasteiger partial charge in [-0.3, -0.25) is 0 Å². The van der Waals surface area contributed by atoms with Gasteiger partial charge in [0.15, 0.2) is 0 Å². The summed E-state index contributed by atoms with van der Waals surface area (Å²) >= 11 is 13.2. The molecule has 1 aromatic rings. The molecule has 0 spiro atoms. The van der Waals surface area contributed by atoms with Gasteiger partial charge in [-0.15, -0.1) is 0 Å². The zero-order chi connectivity index (χ0) is 15.1. The third kappa shape index (κ3) is 5.48. The fourth-order valence-corrected chi connectivity index (χ4v) is 2.21. The van der Waals surface area contributed by atoms with Gasteiger partial charge in [-0.05, 0) is 36.6 Å². The summed E-state index contributed by atoms with van der Waals surface area (Å²) in [6.45, 7) is 0. The minimum Gasteiger partial charge on any atom is -0.480 e. The summed E-state index contributed by atoms with van der Waals surface area (Å²) in [7, 11) is 0. The number of hydrogen-bond acceptors (Lipinski definition) is 3. The molecular weight excluding hydrogens is 323 g/mol. The largest absolute Gasteiger partial charge is 0.480 e. The first-order valence-corrected chi connectivity index (χ1v) is 7.83. The first kappa shape index (κ1) is 16.9. The van der Waals surface area contributed by atoms with Crippen LogP contribution in [0.2, 0.25) is 10.0 Å². The van der Waals surface area contributed by atoms with Crippen LogP contribution in [0, 0.1) is 0 Å². The van der Waals surface area contributed by atoms with E-state index in [4.69, 9.17) is 28.3 Å². The lowest BCUT2D eigenvalue weighted by molar-refractivity contribution is -0.139. The lowest BCUT2D eigenvalue weighted by Crippen LogP contribution is -2.43. The van der Waals surface area contributed by atoms with Crippen LogP contribution in [-0.2, 0) is 4.79 Å². The van der Waals surface area contributed by atoms with E-state index in [0.29, 0.717) is 27.9 Å². The zero-order valence-electron chi connectivity index (χ0n) is 10.7. The van der Waals surface area contributed by atoms with E-state index < -0.39 is 18.0 Å². The second kappa shape index (κ2) is 8.24. The number of rotatable bonds is 6. The van der Waals surface area contributed by atoms with Crippen LogP contribution in [-0.4, -0.2) is 35.2 Å². The number of amides is 2. The van der Waals surface area contributed by atoms with Crippen molar-refractivity contribution >= 4 is 52.7 Å². The Bertz CT molecular complexity index is 500. The third-order valence-corrected chi connectivity index (χ3v) is 3.60. The highest BCUT2D eigenvalue weighted by atomic mass is 35.5. The topological polar surface area (TPSA) is 78.4 Å². The molecule has 3 N–H and O–H groups in total. The molecule has 0 saturated carbocycles. The average Bonchev–Trinajstić information content (AvgIpc) is 2.38. The highest BCUT2D eigenvalue weighted by molar-refractivity contribution is 7.98. The highest BCUT2D eigenvalue weighted by Gasteiger charge is 2.19. The number of aliphatic carboxylic acids is 1. The standard InChI is InChI=1S/C12H14Cl2N2O3S/c1-20-5-4-9(11(17)18)15-12(19)16-10-6-7(13)2-3-8(10)14/h2-3,6,9H,4-5H2,1H3,(H,17,18)(H2,15,16,19)/t9-/m0/s1. The van der Waals surface area contributed by atoms with E-state index in [1.165, 1.54) is 17.8 Å². The second-order valence-corrected chi connectivity index (χ2v) is 5.72. The molecule has 0 radical (unpaired) electrons. The fraction of sp³-hybridized carbons (Fsp3) is 0.333. The summed E-state index contributed by atoms with van der Waals surface area (Å²) in [4.78, 5) is 22.8. The number of benzene rings is 1. The molecule has 0 saturated heterocycles. The molecule has 20 heavy (non-hydrogen) atoms. The molecule has 1 atom stereocenters. The van der Waals surface area contributed by atoms with E-state index in [2.05, 4.69) is 10.6 Å². The van der Waals surface area contributed by atoms with Crippen LogP contribution >= 0.6 is 35.0 Å². The molecule has 0 fully saturated rings.